The van der Waals surface area contributed by atoms with Crippen LogP contribution in [0.3, 0.4) is 0 Å². The van der Waals surface area contributed by atoms with Crippen molar-refractivity contribution in [3.05, 3.63) is 58.3 Å². The molecule has 0 saturated heterocycles. The lowest BCUT2D eigenvalue weighted by Gasteiger charge is -2.23. The van der Waals surface area contributed by atoms with Crippen LogP contribution in [0.5, 0.6) is 0 Å². The topological polar surface area (TPSA) is 15.6 Å². The third-order valence-corrected chi connectivity index (χ3v) is 4.38. The van der Waals surface area contributed by atoms with Crippen LogP contribution in [-0.2, 0) is 0 Å². The van der Waals surface area contributed by atoms with E-state index in [9.17, 15) is 0 Å². The van der Waals surface area contributed by atoms with Crippen LogP contribution in [0.25, 0.3) is 0 Å². The lowest BCUT2D eigenvalue weighted by atomic mass is 9.91. The first-order chi connectivity index (χ1) is 9.77. The number of thiophene rings is 1. The minimum atomic E-state index is 0.350. The molecule has 2 nitrogen and oxygen atoms in total. The molecule has 1 aromatic carbocycles. The summed E-state index contributed by atoms with van der Waals surface area (Å²) in [6.07, 6.45) is 0. The first kappa shape index (κ1) is 14.8. The van der Waals surface area contributed by atoms with Crippen molar-refractivity contribution in [3.8, 4) is 0 Å². The Morgan fingerprint density at radius 3 is 2.35 bits per heavy atom. The SMILES string of the molecule is CC.CC1C(c2cccs2)=NN(C)C1c1ccccc1. The largest absolute Gasteiger partial charge is 0.292 e. The van der Waals surface area contributed by atoms with Crippen molar-refractivity contribution in [2.75, 3.05) is 7.05 Å². The van der Waals surface area contributed by atoms with E-state index < -0.39 is 0 Å². The zero-order valence-corrected chi connectivity index (χ0v) is 13.4. The van der Waals surface area contributed by atoms with E-state index in [0.29, 0.717) is 12.0 Å². The van der Waals surface area contributed by atoms with Crippen LogP contribution in [0, 0.1) is 5.92 Å². The smallest absolute Gasteiger partial charge is 0.0829 e. The molecule has 0 fully saturated rings. The van der Waals surface area contributed by atoms with E-state index in [-0.39, 0.29) is 0 Å². The Balaban J connectivity index is 0.000000704. The molecule has 0 amide bonds. The van der Waals surface area contributed by atoms with E-state index in [1.54, 1.807) is 11.3 Å². The molecule has 0 radical (unpaired) electrons. The Hall–Kier alpha value is -1.61. The number of rotatable bonds is 2. The molecular formula is C17H22N2S. The second kappa shape index (κ2) is 6.71. The third-order valence-electron chi connectivity index (χ3n) is 3.49. The van der Waals surface area contributed by atoms with Crippen LogP contribution in [0.15, 0.2) is 52.9 Å². The van der Waals surface area contributed by atoms with Gasteiger partial charge in [-0.05, 0) is 17.0 Å². The third kappa shape index (κ3) is 2.78. The lowest BCUT2D eigenvalue weighted by molar-refractivity contribution is 0.257. The predicted octanol–water partition coefficient (Wildman–Crippen LogP) is 4.80. The molecule has 0 bridgehead atoms. The summed E-state index contributed by atoms with van der Waals surface area (Å²) in [5.41, 5.74) is 2.55. The number of hydrogen-bond acceptors (Lipinski definition) is 3. The first-order valence-electron chi connectivity index (χ1n) is 7.17. The zero-order valence-electron chi connectivity index (χ0n) is 12.6. The minimum absolute atomic E-state index is 0.350. The van der Waals surface area contributed by atoms with Crippen LogP contribution < -0.4 is 0 Å². The molecule has 0 spiro atoms. The van der Waals surface area contributed by atoms with Gasteiger partial charge in [0.1, 0.15) is 0 Å². The van der Waals surface area contributed by atoms with Crippen molar-refractivity contribution in [1.29, 1.82) is 0 Å². The van der Waals surface area contributed by atoms with E-state index in [0.717, 1.165) is 0 Å². The molecule has 0 N–H and O–H groups in total. The van der Waals surface area contributed by atoms with Crippen molar-refractivity contribution in [2.45, 2.75) is 26.8 Å². The Labute approximate surface area is 125 Å². The summed E-state index contributed by atoms with van der Waals surface area (Å²) in [4.78, 5) is 1.28. The maximum absolute atomic E-state index is 4.73. The predicted molar refractivity (Wildman–Crippen MR) is 88.3 cm³/mol. The molecule has 1 aliphatic heterocycles. The number of nitrogens with zero attached hydrogens (tertiary/aromatic N) is 2. The van der Waals surface area contributed by atoms with Gasteiger partial charge in [0, 0.05) is 13.0 Å². The molecule has 3 heteroatoms. The first-order valence-corrected chi connectivity index (χ1v) is 8.05. The van der Waals surface area contributed by atoms with Gasteiger partial charge in [-0.2, -0.15) is 5.10 Å². The molecule has 2 atom stereocenters. The molecule has 2 aromatic rings. The summed E-state index contributed by atoms with van der Waals surface area (Å²) in [5.74, 6) is 0.427. The van der Waals surface area contributed by atoms with E-state index in [1.807, 2.05) is 13.8 Å². The standard InChI is InChI=1S/C15H16N2S.C2H6/c1-11-14(13-9-6-10-18-13)16-17(2)15(11)12-7-4-3-5-8-12;1-2/h3-11,15H,1-2H3;1-2H3. The van der Waals surface area contributed by atoms with E-state index in [2.05, 4.69) is 66.8 Å². The molecular weight excluding hydrogens is 264 g/mol. The second-order valence-electron chi connectivity index (χ2n) is 4.68. The summed E-state index contributed by atoms with van der Waals surface area (Å²) < 4.78 is 0. The van der Waals surface area contributed by atoms with Crippen molar-refractivity contribution >= 4 is 17.0 Å². The van der Waals surface area contributed by atoms with E-state index in [1.165, 1.54) is 16.2 Å². The quantitative estimate of drug-likeness (QED) is 0.774. The summed E-state index contributed by atoms with van der Waals surface area (Å²) in [6.45, 7) is 6.26. The summed E-state index contributed by atoms with van der Waals surface area (Å²) >= 11 is 1.77. The van der Waals surface area contributed by atoms with Crippen molar-refractivity contribution in [2.24, 2.45) is 11.0 Å². The summed E-state index contributed by atoms with van der Waals surface area (Å²) in [6, 6.07) is 15.2. The highest BCUT2D eigenvalue weighted by atomic mass is 32.1. The highest BCUT2D eigenvalue weighted by Gasteiger charge is 2.34. The van der Waals surface area contributed by atoms with Crippen LogP contribution in [-0.4, -0.2) is 17.8 Å². The Kier molecular flexibility index (Phi) is 4.96. The van der Waals surface area contributed by atoms with Crippen molar-refractivity contribution in [1.82, 2.24) is 5.01 Å². The van der Waals surface area contributed by atoms with Crippen LogP contribution in [0.1, 0.15) is 37.3 Å². The van der Waals surface area contributed by atoms with Gasteiger partial charge in [0.2, 0.25) is 0 Å². The average molecular weight is 286 g/mol. The van der Waals surface area contributed by atoms with E-state index >= 15 is 0 Å². The molecule has 3 rings (SSSR count). The normalized spacial score (nSPS) is 21.2. The van der Waals surface area contributed by atoms with Gasteiger partial charge in [0.25, 0.3) is 0 Å². The number of benzene rings is 1. The van der Waals surface area contributed by atoms with Gasteiger partial charge in [-0.1, -0.05) is 57.2 Å². The van der Waals surface area contributed by atoms with Crippen LogP contribution in [0.2, 0.25) is 0 Å². The van der Waals surface area contributed by atoms with Crippen molar-refractivity contribution in [3.63, 3.8) is 0 Å². The van der Waals surface area contributed by atoms with Gasteiger partial charge >= 0.3 is 0 Å². The Morgan fingerprint density at radius 1 is 1.05 bits per heavy atom. The van der Waals surface area contributed by atoms with Gasteiger partial charge in [-0.3, -0.25) is 5.01 Å². The van der Waals surface area contributed by atoms with Crippen molar-refractivity contribution < 1.29 is 0 Å². The summed E-state index contributed by atoms with van der Waals surface area (Å²) in [7, 11) is 2.06. The molecule has 1 aromatic heterocycles. The number of hydrazone groups is 1. The highest BCUT2D eigenvalue weighted by Crippen LogP contribution is 2.36. The Morgan fingerprint density at radius 2 is 1.75 bits per heavy atom. The van der Waals surface area contributed by atoms with Gasteiger partial charge in [-0.15, -0.1) is 11.3 Å². The second-order valence-corrected chi connectivity index (χ2v) is 5.63. The molecule has 1 aliphatic rings. The van der Waals surface area contributed by atoms with E-state index in [4.69, 9.17) is 5.10 Å². The molecule has 106 valence electrons. The average Bonchev–Trinajstić information content (AvgIpc) is 3.10. The van der Waals surface area contributed by atoms with Crippen LogP contribution in [0.4, 0.5) is 0 Å². The highest BCUT2D eigenvalue weighted by molar-refractivity contribution is 7.12. The fourth-order valence-corrected chi connectivity index (χ4v) is 3.46. The monoisotopic (exact) mass is 286 g/mol. The zero-order chi connectivity index (χ0) is 14.5. The molecule has 20 heavy (non-hydrogen) atoms. The summed E-state index contributed by atoms with van der Waals surface area (Å²) in [5, 5.41) is 8.93. The minimum Gasteiger partial charge on any atom is -0.292 e. The lowest BCUT2D eigenvalue weighted by Crippen LogP contribution is -2.20. The van der Waals surface area contributed by atoms with Gasteiger partial charge in [0.05, 0.1) is 16.6 Å². The number of hydrogen-bond donors (Lipinski definition) is 0. The Bertz CT molecular complexity index is 546. The maximum Gasteiger partial charge on any atom is 0.0829 e. The van der Waals surface area contributed by atoms with Gasteiger partial charge in [-0.25, -0.2) is 0 Å². The van der Waals surface area contributed by atoms with Gasteiger partial charge < -0.3 is 0 Å². The molecule has 0 saturated carbocycles. The molecule has 0 aliphatic carbocycles. The fraction of sp³-hybridized carbons (Fsp3) is 0.353. The van der Waals surface area contributed by atoms with Gasteiger partial charge in [0.15, 0.2) is 0 Å². The fourth-order valence-electron chi connectivity index (χ4n) is 2.65. The maximum atomic E-state index is 4.73. The molecule has 2 heterocycles. The van der Waals surface area contributed by atoms with Crippen LogP contribution >= 0.6 is 11.3 Å². The molecule has 2 unspecified atom stereocenters.